The third kappa shape index (κ3) is 3.44. The van der Waals surface area contributed by atoms with Gasteiger partial charge in [0.05, 0.1) is 22.0 Å². The normalized spacial score (nSPS) is 18.4. The molecule has 22 heavy (non-hydrogen) atoms. The molecule has 116 valence electrons. The molecule has 0 radical (unpaired) electrons. The van der Waals surface area contributed by atoms with Crippen LogP contribution in [0.25, 0.3) is 0 Å². The van der Waals surface area contributed by atoms with E-state index < -0.39 is 0 Å². The molecule has 0 saturated carbocycles. The lowest BCUT2D eigenvalue weighted by atomic mass is 9.92. The highest BCUT2D eigenvalue weighted by molar-refractivity contribution is 7.12. The number of hydrogen-bond acceptors (Lipinski definition) is 5. The molecule has 4 nitrogen and oxygen atoms in total. The average Bonchev–Trinajstić information content (AvgIpc) is 3.18. The number of amides is 1. The van der Waals surface area contributed by atoms with Gasteiger partial charge in [0.1, 0.15) is 0 Å². The number of nitrogens with zero attached hydrogens (tertiary/aromatic N) is 2. The van der Waals surface area contributed by atoms with Crippen LogP contribution in [0.4, 0.5) is 0 Å². The Morgan fingerprint density at radius 1 is 1.41 bits per heavy atom. The fourth-order valence-corrected chi connectivity index (χ4v) is 4.15. The zero-order valence-electron chi connectivity index (χ0n) is 12.4. The Morgan fingerprint density at radius 2 is 2.27 bits per heavy atom. The molecule has 0 spiro atoms. The number of piperidine rings is 1. The van der Waals surface area contributed by atoms with Gasteiger partial charge in [-0.1, -0.05) is 6.07 Å². The van der Waals surface area contributed by atoms with Crippen LogP contribution in [0, 0.1) is 12.8 Å². The minimum Gasteiger partial charge on any atom is -0.342 e. The molecular formula is C16H18N2O2S2. The van der Waals surface area contributed by atoms with Crippen molar-refractivity contribution in [3.8, 4) is 0 Å². The Bertz CT molecular complexity index is 664. The summed E-state index contributed by atoms with van der Waals surface area (Å²) in [6.07, 6.45) is 2.10. The zero-order valence-corrected chi connectivity index (χ0v) is 14.1. The van der Waals surface area contributed by atoms with Crippen LogP contribution in [0.2, 0.25) is 0 Å². The summed E-state index contributed by atoms with van der Waals surface area (Å²) in [5.41, 5.74) is 0.833. The molecular weight excluding hydrogens is 316 g/mol. The zero-order chi connectivity index (χ0) is 15.5. The van der Waals surface area contributed by atoms with Crippen molar-refractivity contribution in [1.82, 2.24) is 9.88 Å². The summed E-state index contributed by atoms with van der Waals surface area (Å²) >= 11 is 3.04. The van der Waals surface area contributed by atoms with Crippen LogP contribution in [-0.2, 0) is 11.2 Å². The van der Waals surface area contributed by atoms with E-state index in [4.69, 9.17) is 0 Å². The van der Waals surface area contributed by atoms with Gasteiger partial charge in [-0.05, 0) is 31.2 Å². The summed E-state index contributed by atoms with van der Waals surface area (Å²) in [5.74, 6) is 0.194. The Kier molecular flexibility index (Phi) is 4.69. The summed E-state index contributed by atoms with van der Waals surface area (Å²) in [7, 11) is 0. The van der Waals surface area contributed by atoms with E-state index in [0.717, 1.165) is 35.0 Å². The first-order valence-corrected chi connectivity index (χ1v) is 9.16. The second kappa shape index (κ2) is 6.71. The maximum absolute atomic E-state index is 12.5. The molecule has 3 rings (SSSR count). The number of rotatable bonds is 4. The van der Waals surface area contributed by atoms with E-state index in [1.54, 1.807) is 11.3 Å². The Labute approximate surface area is 137 Å². The highest BCUT2D eigenvalue weighted by Gasteiger charge is 2.29. The fraction of sp³-hybridized carbons (Fsp3) is 0.438. The number of carbonyl (C=O) groups is 2. The van der Waals surface area contributed by atoms with Crippen molar-refractivity contribution in [2.24, 2.45) is 5.92 Å². The van der Waals surface area contributed by atoms with Gasteiger partial charge in [-0.3, -0.25) is 9.59 Å². The topological polar surface area (TPSA) is 50.3 Å². The van der Waals surface area contributed by atoms with Crippen molar-refractivity contribution in [2.45, 2.75) is 26.2 Å². The quantitative estimate of drug-likeness (QED) is 0.807. The highest BCUT2D eigenvalue weighted by atomic mass is 32.1. The van der Waals surface area contributed by atoms with Gasteiger partial charge in [0.25, 0.3) is 0 Å². The molecule has 2 aromatic heterocycles. The lowest BCUT2D eigenvalue weighted by Gasteiger charge is -2.31. The third-order valence-corrected chi connectivity index (χ3v) is 5.61. The van der Waals surface area contributed by atoms with Crippen LogP contribution in [0.15, 0.2) is 22.9 Å². The van der Waals surface area contributed by atoms with E-state index >= 15 is 0 Å². The molecule has 1 amide bonds. The van der Waals surface area contributed by atoms with Crippen molar-refractivity contribution in [3.63, 3.8) is 0 Å². The van der Waals surface area contributed by atoms with Crippen molar-refractivity contribution < 1.29 is 9.59 Å². The van der Waals surface area contributed by atoms with Gasteiger partial charge in [0, 0.05) is 24.4 Å². The first kappa shape index (κ1) is 15.4. The van der Waals surface area contributed by atoms with Gasteiger partial charge in [-0.2, -0.15) is 0 Å². The number of Topliss-reactive ketones (excluding diaryl/α,β-unsaturated/α-hetero) is 1. The monoisotopic (exact) mass is 334 g/mol. The SMILES string of the molecule is Cc1nc(CC(=O)N2CCCC(C(=O)c3cccs3)C2)cs1. The van der Waals surface area contributed by atoms with Crippen LogP contribution in [0.5, 0.6) is 0 Å². The van der Waals surface area contributed by atoms with Gasteiger partial charge in [0.2, 0.25) is 5.91 Å². The molecule has 6 heteroatoms. The summed E-state index contributed by atoms with van der Waals surface area (Å²) in [6.45, 7) is 3.23. The van der Waals surface area contributed by atoms with Gasteiger partial charge in [-0.15, -0.1) is 22.7 Å². The smallest absolute Gasteiger partial charge is 0.228 e. The second-order valence-corrected chi connectivity index (χ2v) is 7.57. The summed E-state index contributed by atoms with van der Waals surface area (Å²) in [6, 6.07) is 3.76. The molecule has 1 atom stereocenters. The third-order valence-electron chi connectivity index (χ3n) is 3.91. The fourth-order valence-electron chi connectivity index (χ4n) is 2.79. The minimum atomic E-state index is -0.0616. The first-order chi connectivity index (χ1) is 10.6. The number of thiophene rings is 1. The predicted molar refractivity (Wildman–Crippen MR) is 88.5 cm³/mol. The van der Waals surface area contributed by atoms with E-state index in [1.165, 1.54) is 11.3 Å². The van der Waals surface area contributed by atoms with Crippen molar-refractivity contribution in [3.05, 3.63) is 38.5 Å². The lowest BCUT2D eigenvalue weighted by Crippen LogP contribution is -2.43. The van der Waals surface area contributed by atoms with Gasteiger partial charge in [0.15, 0.2) is 5.78 Å². The van der Waals surface area contributed by atoms with Gasteiger partial charge in [-0.25, -0.2) is 4.98 Å². The van der Waals surface area contributed by atoms with Gasteiger partial charge < -0.3 is 4.90 Å². The van der Waals surface area contributed by atoms with Crippen LogP contribution in [-0.4, -0.2) is 34.7 Å². The molecule has 1 aliphatic rings. The molecule has 3 heterocycles. The Morgan fingerprint density at radius 3 is 2.95 bits per heavy atom. The molecule has 0 bridgehead atoms. The number of hydrogen-bond donors (Lipinski definition) is 0. The van der Waals surface area contributed by atoms with Crippen LogP contribution in [0.1, 0.15) is 33.2 Å². The number of thiazole rings is 1. The summed E-state index contributed by atoms with van der Waals surface area (Å²) in [5, 5.41) is 4.84. The summed E-state index contributed by atoms with van der Waals surface area (Å²) < 4.78 is 0. The molecule has 1 saturated heterocycles. The highest BCUT2D eigenvalue weighted by Crippen LogP contribution is 2.23. The molecule has 2 aromatic rings. The molecule has 1 aliphatic heterocycles. The van der Waals surface area contributed by atoms with Crippen LogP contribution < -0.4 is 0 Å². The maximum Gasteiger partial charge on any atom is 0.228 e. The van der Waals surface area contributed by atoms with Crippen molar-refractivity contribution in [1.29, 1.82) is 0 Å². The van der Waals surface area contributed by atoms with E-state index in [0.29, 0.717) is 13.0 Å². The number of ketones is 1. The largest absolute Gasteiger partial charge is 0.342 e. The first-order valence-electron chi connectivity index (χ1n) is 7.40. The molecule has 0 aromatic carbocycles. The maximum atomic E-state index is 12.5. The van der Waals surface area contributed by atoms with E-state index in [1.807, 2.05) is 34.7 Å². The number of aryl methyl sites for hydroxylation is 1. The number of carbonyl (C=O) groups excluding carboxylic acids is 2. The van der Waals surface area contributed by atoms with Gasteiger partial charge >= 0.3 is 0 Å². The molecule has 0 N–H and O–H groups in total. The number of aromatic nitrogens is 1. The lowest BCUT2D eigenvalue weighted by molar-refractivity contribution is -0.131. The van der Waals surface area contributed by atoms with Crippen LogP contribution in [0.3, 0.4) is 0 Å². The average molecular weight is 334 g/mol. The van der Waals surface area contributed by atoms with E-state index in [-0.39, 0.29) is 17.6 Å². The molecule has 0 aliphatic carbocycles. The van der Waals surface area contributed by atoms with Crippen molar-refractivity contribution >= 4 is 34.4 Å². The Balaban J connectivity index is 1.62. The number of likely N-dealkylation sites (tertiary alicyclic amines) is 1. The predicted octanol–water partition coefficient (Wildman–Crippen LogP) is 3.18. The van der Waals surface area contributed by atoms with Crippen LogP contribution >= 0.6 is 22.7 Å². The Hall–Kier alpha value is -1.53. The molecule has 1 fully saturated rings. The van der Waals surface area contributed by atoms with E-state index in [2.05, 4.69) is 4.98 Å². The molecule has 1 unspecified atom stereocenters. The minimum absolute atomic E-state index is 0.0616. The standard InChI is InChI=1S/C16H18N2O2S2/c1-11-17-13(10-22-11)8-15(19)18-6-2-4-12(9-18)16(20)14-5-3-7-21-14/h3,5,7,10,12H,2,4,6,8-9H2,1H3. The van der Waals surface area contributed by atoms with E-state index in [9.17, 15) is 9.59 Å². The summed E-state index contributed by atoms with van der Waals surface area (Å²) in [4.78, 5) is 31.8. The second-order valence-electron chi connectivity index (χ2n) is 5.56. The van der Waals surface area contributed by atoms with Crippen molar-refractivity contribution in [2.75, 3.05) is 13.1 Å².